The van der Waals surface area contributed by atoms with Crippen molar-refractivity contribution < 1.29 is 0 Å². The predicted octanol–water partition coefficient (Wildman–Crippen LogP) is 2.96. The summed E-state index contributed by atoms with van der Waals surface area (Å²) in [6, 6.07) is 20.4. The van der Waals surface area contributed by atoms with Crippen molar-refractivity contribution in [3.05, 3.63) is 60.7 Å². The van der Waals surface area contributed by atoms with Gasteiger partial charge in [-0.2, -0.15) is 0 Å². The molecular weight excluding hydrogens is 184 g/mol. The first kappa shape index (κ1) is 9.74. The van der Waals surface area contributed by atoms with Crippen LogP contribution < -0.4 is 10.4 Å². The predicted molar refractivity (Wildman–Crippen MR) is 64.1 cm³/mol. The maximum absolute atomic E-state index is 3.17. The van der Waals surface area contributed by atoms with Crippen LogP contribution in [-0.2, 0) is 0 Å². The Hall–Kier alpha value is -1.80. The third-order valence-corrected chi connectivity index (χ3v) is 2.25. The van der Waals surface area contributed by atoms with Crippen molar-refractivity contribution in [2.45, 2.75) is 0 Å². The largest absolute Gasteiger partial charge is 0.277 e. The third kappa shape index (κ3) is 2.17. The second kappa shape index (κ2) is 4.62. The zero-order valence-electron chi connectivity index (χ0n) is 8.72. The van der Waals surface area contributed by atoms with Crippen molar-refractivity contribution >= 4 is 11.4 Å². The Morgan fingerprint density at radius 3 is 1.47 bits per heavy atom. The summed E-state index contributed by atoms with van der Waals surface area (Å²) < 4.78 is 0. The molecule has 2 nitrogen and oxygen atoms in total. The van der Waals surface area contributed by atoms with Gasteiger partial charge in [-0.05, 0) is 24.3 Å². The Balaban J connectivity index is 2.34. The Bertz CT molecular complexity index is 358. The number of hydrazine groups is 1. The van der Waals surface area contributed by atoms with E-state index in [1.54, 1.807) is 0 Å². The highest BCUT2D eigenvalue weighted by molar-refractivity contribution is 5.61. The van der Waals surface area contributed by atoms with E-state index in [1.165, 1.54) is 0 Å². The van der Waals surface area contributed by atoms with E-state index in [4.69, 9.17) is 0 Å². The number of nitrogens with one attached hydrogen (secondary N) is 1. The first-order chi connectivity index (χ1) is 7.42. The van der Waals surface area contributed by atoms with Crippen LogP contribution >= 0.6 is 0 Å². The summed E-state index contributed by atoms with van der Waals surface area (Å²) in [6.45, 7) is 0. The fraction of sp³-hybridized carbons (Fsp3) is 0.0769. The van der Waals surface area contributed by atoms with E-state index < -0.39 is 0 Å². The number of rotatable bonds is 3. The highest BCUT2D eigenvalue weighted by Crippen LogP contribution is 2.21. The maximum Gasteiger partial charge on any atom is 0.0577 e. The molecule has 0 aliphatic rings. The summed E-state index contributed by atoms with van der Waals surface area (Å²) in [5.74, 6) is 0. The summed E-state index contributed by atoms with van der Waals surface area (Å²) in [5.41, 5.74) is 5.43. The molecule has 0 aliphatic carbocycles. The van der Waals surface area contributed by atoms with Crippen LogP contribution in [0.5, 0.6) is 0 Å². The van der Waals surface area contributed by atoms with Gasteiger partial charge in [-0.15, -0.1) is 0 Å². The number of nitrogens with zero attached hydrogens (tertiary/aromatic N) is 1. The number of hydrogen-bond donors (Lipinski definition) is 1. The Morgan fingerprint density at radius 1 is 0.733 bits per heavy atom. The van der Waals surface area contributed by atoms with Gasteiger partial charge in [0.2, 0.25) is 0 Å². The molecule has 0 saturated carbocycles. The zero-order chi connectivity index (χ0) is 10.5. The minimum Gasteiger partial charge on any atom is -0.277 e. The summed E-state index contributed by atoms with van der Waals surface area (Å²) in [7, 11) is 1.92. The fourth-order valence-electron chi connectivity index (χ4n) is 1.56. The van der Waals surface area contributed by atoms with Gasteiger partial charge in [0, 0.05) is 7.05 Å². The van der Waals surface area contributed by atoms with E-state index in [2.05, 4.69) is 29.7 Å². The Kier molecular flexibility index (Phi) is 3.00. The van der Waals surface area contributed by atoms with E-state index in [9.17, 15) is 0 Å². The van der Waals surface area contributed by atoms with E-state index in [1.807, 2.05) is 48.5 Å². The average Bonchev–Trinajstić information content (AvgIpc) is 2.33. The molecule has 0 unspecified atom stereocenters. The smallest absolute Gasteiger partial charge is 0.0577 e. The molecule has 0 saturated heterocycles. The fourth-order valence-corrected chi connectivity index (χ4v) is 1.56. The van der Waals surface area contributed by atoms with Gasteiger partial charge in [0.15, 0.2) is 0 Å². The van der Waals surface area contributed by atoms with Crippen LogP contribution in [0.2, 0.25) is 0 Å². The van der Waals surface area contributed by atoms with Gasteiger partial charge < -0.3 is 0 Å². The molecule has 0 atom stereocenters. The number of para-hydroxylation sites is 2. The van der Waals surface area contributed by atoms with Crippen LogP contribution in [0.3, 0.4) is 0 Å². The SMILES string of the molecule is CNN(c1ccccc1)c1ccccc1. The average molecular weight is 198 g/mol. The van der Waals surface area contributed by atoms with Crippen molar-refractivity contribution in [2.24, 2.45) is 0 Å². The lowest BCUT2D eigenvalue weighted by Crippen LogP contribution is -2.29. The van der Waals surface area contributed by atoms with Gasteiger partial charge in [-0.3, -0.25) is 5.01 Å². The molecule has 15 heavy (non-hydrogen) atoms. The Labute approximate surface area is 90.1 Å². The van der Waals surface area contributed by atoms with Crippen molar-refractivity contribution in [3.63, 3.8) is 0 Å². The Morgan fingerprint density at radius 2 is 1.13 bits per heavy atom. The molecule has 0 bridgehead atoms. The van der Waals surface area contributed by atoms with E-state index in [-0.39, 0.29) is 0 Å². The molecule has 0 aromatic heterocycles. The van der Waals surface area contributed by atoms with E-state index in [0.29, 0.717) is 0 Å². The van der Waals surface area contributed by atoms with E-state index >= 15 is 0 Å². The number of benzene rings is 2. The summed E-state index contributed by atoms with van der Waals surface area (Å²) in [6.07, 6.45) is 0. The molecule has 2 aromatic rings. The molecule has 1 N–H and O–H groups in total. The molecular formula is C13H14N2. The second-order valence-corrected chi connectivity index (χ2v) is 3.23. The minimum atomic E-state index is 1.13. The quantitative estimate of drug-likeness (QED) is 0.763. The van der Waals surface area contributed by atoms with E-state index in [0.717, 1.165) is 11.4 Å². The second-order valence-electron chi connectivity index (χ2n) is 3.23. The number of hydrogen-bond acceptors (Lipinski definition) is 2. The molecule has 0 fully saturated rings. The first-order valence-corrected chi connectivity index (χ1v) is 4.99. The van der Waals surface area contributed by atoms with Crippen molar-refractivity contribution in [1.29, 1.82) is 0 Å². The van der Waals surface area contributed by atoms with Gasteiger partial charge in [0.05, 0.1) is 11.4 Å². The molecule has 0 radical (unpaired) electrons. The molecule has 2 aromatic carbocycles. The lowest BCUT2D eigenvalue weighted by molar-refractivity contribution is 0.835. The zero-order valence-corrected chi connectivity index (χ0v) is 8.72. The molecule has 2 heteroatoms. The highest BCUT2D eigenvalue weighted by atomic mass is 15.5. The molecule has 76 valence electrons. The lowest BCUT2D eigenvalue weighted by Gasteiger charge is -2.23. The summed E-state index contributed by atoms with van der Waals surface area (Å²) >= 11 is 0. The van der Waals surface area contributed by atoms with Crippen molar-refractivity contribution in [2.75, 3.05) is 12.1 Å². The van der Waals surface area contributed by atoms with Crippen LogP contribution in [0.4, 0.5) is 11.4 Å². The first-order valence-electron chi connectivity index (χ1n) is 4.99. The van der Waals surface area contributed by atoms with Crippen molar-refractivity contribution in [1.82, 2.24) is 5.43 Å². The third-order valence-electron chi connectivity index (χ3n) is 2.25. The van der Waals surface area contributed by atoms with Gasteiger partial charge in [-0.25, -0.2) is 5.43 Å². The molecule has 0 heterocycles. The van der Waals surface area contributed by atoms with Crippen LogP contribution in [0.15, 0.2) is 60.7 Å². The standard InChI is InChI=1S/C13H14N2/c1-14-15(12-8-4-2-5-9-12)13-10-6-3-7-11-13/h2-11,14H,1H3. The molecule has 0 aliphatic heterocycles. The van der Waals surface area contributed by atoms with Crippen LogP contribution in [0.1, 0.15) is 0 Å². The number of anilines is 2. The van der Waals surface area contributed by atoms with Crippen molar-refractivity contribution in [3.8, 4) is 0 Å². The normalized spacial score (nSPS) is 9.93. The van der Waals surface area contributed by atoms with Gasteiger partial charge in [0.25, 0.3) is 0 Å². The van der Waals surface area contributed by atoms with Gasteiger partial charge in [-0.1, -0.05) is 36.4 Å². The topological polar surface area (TPSA) is 15.3 Å². The van der Waals surface area contributed by atoms with Gasteiger partial charge >= 0.3 is 0 Å². The monoisotopic (exact) mass is 198 g/mol. The molecule has 0 spiro atoms. The lowest BCUT2D eigenvalue weighted by atomic mass is 10.2. The summed E-state index contributed by atoms with van der Waals surface area (Å²) in [4.78, 5) is 0. The van der Waals surface area contributed by atoms with Crippen LogP contribution in [0, 0.1) is 0 Å². The van der Waals surface area contributed by atoms with Crippen LogP contribution in [0.25, 0.3) is 0 Å². The van der Waals surface area contributed by atoms with Crippen LogP contribution in [-0.4, -0.2) is 7.05 Å². The maximum atomic E-state index is 3.17. The molecule has 2 rings (SSSR count). The summed E-state index contributed by atoms with van der Waals surface area (Å²) in [5, 5.41) is 2.04. The molecule has 0 amide bonds. The van der Waals surface area contributed by atoms with Gasteiger partial charge in [0.1, 0.15) is 0 Å². The highest BCUT2D eigenvalue weighted by Gasteiger charge is 2.04. The minimum absolute atomic E-state index is 1.13.